The number of carbonyl (C=O) groups is 2. The van der Waals surface area contributed by atoms with Crippen LogP contribution in [0.2, 0.25) is 0 Å². The van der Waals surface area contributed by atoms with Gasteiger partial charge in [-0.1, -0.05) is 0 Å². The average molecular weight is 375 g/mol. The predicted molar refractivity (Wildman–Crippen MR) is 88.7 cm³/mol. The first-order valence-corrected chi connectivity index (χ1v) is 8.04. The summed E-state index contributed by atoms with van der Waals surface area (Å²) >= 11 is 0. The van der Waals surface area contributed by atoms with Crippen molar-refractivity contribution in [1.82, 2.24) is 4.98 Å². The summed E-state index contributed by atoms with van der Waals surface area (Å²) in [5.74, 6) is -1.47. The maximum atomic E-state index is 12.0. The molecule has 1 aromatic heterocycles. The van der Waals surface area contributed by atoms with Crippen LogP contribution in [0.25, 0.3) is 0 Å². The van der Waals surface area contributed by atoms with E-state index in [1.165, 1.54) is 42.7 Å². The Morgan fingerprint density at radius 1 is 1.04 bits per heavy atom. The molecule has 1 fully saturated rings. The largest absolute Gasteiger partial charge is 0.508 e. The van der Waals surface area contributed by atoms with Gasteiger partial charge >= 0.3 is 11.9 Å². The zero-order chi connectivity index (χ0) is 19.4. The first kappa shape index (κ1) is 18.8. The molecule has 0 spiro atoms. The molecule has 2 heterocycles. The van der Waals surface area contributed by atoms with Crippen molar-refractivity contribution < 1.29 is 39.1 Å². The minimum atomic E-state index is -1.50. The Bertz CT molecular complexity index is 795. The van der Waals surface area contributed by atoms with E-state index in [0.717, 1.165) is 0 Å². The second-order valence-electron chi connectivity index (χ2n) is 5.82. The Hall–Kier alpha value is -3.01. The van der Waals surface area contributed by atoms with Gasteiger partial charge in [-0.2, -0.15) is 0 Å². The van der Waals surface area contributed by atoms with Crippen LogP contribution in [0.4, 0.5) is 0 Å². The minimum absolute atomic E-state index is 0.00231. The first-order chi connectivity index (χ1) is 13.0. The van der Waals surface area contributed by atoms with Crippen LogP contribution in [0.1, 0.15) is 20.7 Å². The van der Waals surface area contributed by atoms with Gasteiger partial charge in [0.15, 0.2) is 0 Å². The molecule has 27 heavy (non-hydrogen) atoms. The summed E-state index contributed by atoms with van der Waals surface area (Å²) in [6.07, 6.45) is -2.62. The zero-order valence-corrected chi connectivity index (χ0v) is 14.0. The Kier molecular flexibility index (Phi) is 5.65. The van der Waals surface area contributed by atoms with Gasteiger partial charge in [0.1, 0.15) is 30.7 Å². The van der Waals surface area contributed by atoms with Gasteiger partial charge in [-0.05, 0) is 36.4 Å². The number of ether oxygens (including phenoxy) is 3. The number of hydrogen-bond donors (Lipinski definition) is 3. The van der Waals surface area contributed by atoms with Gasteiger partial charge in [0.25, 0.3) is 0 Å². The van der Waals surface area contributed by atoms with Crippen molar-refractivity contribution in [3.05, 3.63) is 59.9 Å². The zero-order valence-electron chi connectivity index (χ0n) is 14.0. The predicted octanol–water partition coefficient (Wildman–Crippen LogP) is 0.248. The summed E-state index contributed by atoms with van der Waals surface area (Å²) in [6.45, 7) is -0.362. The van der Waals surface area contributed by atoms with Crippen molar-refractivity contribution in [1.29, 1.82) is 0 Å². The van der Waals surface area contributed by atoms with Crippen molar-refractivity contribution in [2.45, 2.75) is 24.6 Å². The molecule has 3 rings (SSSR count). The lowest BCUT2D eigenvalue weighted by atomic mass is 10.1. The molecule has 2 aromatic rings. The molecule has 1 saturated heterocycles. The minimum Gasteiger partial charge on any atom is -0.508 e. The van der Waals surface area contributed by atoms with Crippen LogP contribution in [-0.2, 0) is 14.2 Å². The SMILES string of the molecule is O=C(OC[C@H]1O[C@H](OC(=O)c2cccnc2)[C@H](O)[C@@H]1O)c1ccc(O)cc1. The molecule has 9 nitrogen and oxygen atoms in total. The highest BCUT2D eigenvalue weighted by Gasteiger charge is 2.45. The second-order valence-corrected chi connectivity index (χ2v) is 5.82. The van der Waals surface area contributed by atoms with Crippen LogP contribution >= 0.6 is 0 Å². The summed E-state index contributed by atoms with van der Waals surface area (Å²) in [7, 11) is 0. The number of phenolic OH excluding ortho intramolecular Hbond substituents is 1. The number of phenols is 1. The first-order valence-electron chi connectivity index (χ1n) is 8.04. The molecular weight excluding hydrogens is 358 g/mol. The topological polar surface area (TPSA) is 135 Å². The van der Waals surface area contributed by atoms with E-state index in [4.69, 9.17) is 14.2 Å². The Labute approximate surface area is 153 Å². The number of esters is 2. The fourth-order valence-corrected chi connectivity index (χ4v) is 2.45. The van der Waals surface area contributed by atoms with E-state index in [2.05, 4.69) is 4.98 Å². The standard InChI is InChI=1S/C18H17NO8/c20-12-5-3-10(4-6-12)16(23)25-9-13-14(21)15(22)18(26-13)27-17(24)11-2-1-7-19-8-11/h1-8,13-15,18,20-22H,9H2/t13-,14-,15-,18-/m1/s1. The monoisotopic (exact) mass is 375 g/mol. The smallest absolute Gasteiger partial charge is 0.342 e. The number of carbonyl (C=O) groups excluding carboxylic acids is 2. The van der Waals surface area contributed by atoms with E-state index >= 15 is 0 Å². The average Bonchev–Trinajstić information content (AvgIpc) is 2.95. The third-order valence-corrected chi connectivity index (χ3v) is 3.92. The summed E-state index contributed by atoms with van der Waals surface area (Å²) < 4.78 is 15.4. The maximum absolute atomic E-state index is 12.0. The molecule has 9 heteroatoms. The molecular formula is C18H17NO8. The molecule has 0 amide bonds. The summed E-state index contributed by atoms with van der Waals surface area (Å²) in [6, 6.07) is 8.42. The number of benzene rings is 1. The highest BCUT2D eigenvalue weighted by Crippen LogP contribution is 2.24. The van der Waals surface area contributed by atoms with Crippen molar-refractivity contribution in [2.24, 2.45) is 0 Å². The van der Waals surface area contributed by atoms with E-state index in [1.807, 2.05) is 0 Å². The van der Waals surface area contributed by atoms with Crippen molar-refractivity contribution in [3.8, 4) is 5.75 Å². The van der Waals surface area contributed by atoms with E-state index in [-0.39, 0.29) is 23.5 Å². The maximum Gasteiger partial charge on any atom is 0.342 e. The van der Waals surface area contributed by atoms with Crippen LogP contribution in [0, 0.1) is 0 Å². The lowest BCUT2D eigenvalue weighted by molar-refractivity contribution is -0.139. The van der Waals surface area contributed by atoms with E-state index in [9.17, 15) is 24.9 Å². The summed E-state index contributed by atoms with van der Waals surface area (Å²) in [4.78, 5) is 27.7. The van der Waals surface area contributed by atoms with Gasteiger partial charge in [-0.25, -0.2) is 9.59 Å². The molecule has 1 aliphatic heterocycles. The van der Waals surface area contributed by atoms with E-state index in [0.29, 0.717) is 0 Å². The fourth-order valence-electron chi connectivity index (χ4n) is 2.45. The van der Waals surface area contributed by atoms with E-state index in [1.54, 1.807) is 6.07 Å². The Morgan fingerprint density at radius 3 is 2.44 bits per heavy atom. The van der Waals surface area contributed by atoms with E-state index < -0.39 is 36.5 Å². The molecule has 0 bridgehead atoms. The molecule has 3 N–H and O–H groups in total. The Balaban J connectivity index is 1.55. The number of aliphatic hydroxyl groups excluding tert-OH is 2. The molecule has 1 aromatic carbocycles. The highest BCUT2D eigenvalue weighted by molar-refractivity contribution is 5.89. The molecule has 4 atom stereocenters. The number of nitrogens with zero attached hydrogens (tertiary/aromatic N) is 1. The van der Waals surface area contributed by atoms with Crippen molar-refractivity contribution in [3.63, 3.8) is 0 Å². The number of aromatic hydroxyl groups is 1. The van der Waals surface area contributed by atoms with Gasteiger partial charge in [0.05, 0.1) is 11.1 Å². The van der Waals surface area contributed by atoms with Gasteiger partial charge in [0.2, 0.25) is 6.29 Å². The van der Waals surface area contributed by atoms with Crippen LogP contribution < -0.4 is 0 Å². The van der Waals surface area contributed by atoms with Crippen molar-refractivity contribution >= 4 is 11.9 Å². The van der Waals surface area contributed by atoms with Gasteiger partial charge in [-0.15, -0.1) is 0 Å². The summed E-state index contributed by atoms with van der Waals surface area (Å²) in [5, 5.41) is 29.2. The van der Waals surface area contributed by atoms with Crippen LogP contribution in [0.15, 0.2) is 48.8 Å². The normalized spacial score (nSPS) is 24.4. The van der Waals surface area contributed by atoms with Gasteiger partial charge in [-0.3, -0.25) is 4.98 Å². The third kappa shape index (κ3) is 4.40. The summed E-state index contributed by atoms with van der Waals surface area (Å²) in [5.41, 5.74) is 0.352. The van der Waals surface area contributed by atoms with Crippen LogP contribution in [-0.4, -0.2) is 63.5 Å². The lowest BCUT2D eigenvalue weighted by Gasteiger charge is -2.15. The number of aliphatic hydroxyl groups is 2. The van der Waals surface area contributed by atoms with Gasteiger partial charge < -0.3 is 29.5 Å². The van der Waals surface area contributed by atoms with Crippen molar-refractivity contribution in [2.75, 3.05) is 6.61 Å². The highest BCUT2D eigenvalue weighted by atomic mass is 16.7. The third-order valence-electron chi connectivity index (χ3n) is 3.92. The molecule has 142 valence electrons. The van der Waals surface area contributed by atoms with Gasteiger partial charge in [0, 0.05) is 12.4 Å². The molecule has 0 unspecified atom stereocenters. The Morgan fingerprint density at radius 2 is 1.78 bits per heavy atom. The van der Waals surface area contributed by atoms with Crippen LogP contribution in [0.3, 0.4) is 0 Å². The fraction of sp³-hybridized carbons (Fsp3) is 0.278. The molecule has 0 saturated carbocycles. The second kappa shape index (κ2) is 8.12. The molecule has 0 aliphatic carbocycles. The quantitative estimate of drug-likeness (QED) is 0.628. The number of hydrogen-bond acceptors (Lipinski definition) is 9. The number of rotatable bonds is 5. The molecule has 1 aliphatic rings. The lowest BCUT2D eigenvalue weighted by Crippen LogP contribution is -2.36. The number of pyridine rings is 1. The van der Waals surface area contributed by atoms with Crippen LogP contribution in [0.5, 0.6) is 5.75 Å². The number of aromatic nitrogens is 1. The molecule has 0 radical (unpaired) electrons.